The lowest BCUT2D eigenvalue weighted by Crippen LogP contribution is -3.16. The number of rotatable bonds is 2. The third kappa shape index (κ3) is 2.92. The van der Waals surface area contributed by atoms with Crippen LogP contribution in [0.1, 0.15) is 25.3 Å². The minimum atomic E-state index is -1.64. The molecule has 0 aromatic heterocycles. The maximum atomic E-state index is 9.87. The van der Waals surface area contributed by atoms with Crippen LogP contribution in [0.3, 0.4) is 0 Å². The van der Waals surface area contributed by atoms with E-state index in [1.54, 1.807) is 12.1 Å². The lowest BCUT2D eigenvalue weighted by atomic mass is 9.55. The Morgan fingerprint density at radius 2 is 1.81 bits per heavy atom. The van der Waals surface area contributed by atoms with E-state index >= 15 is 0 Å². The van der Waals surface area contributed by atoms with E-state index in [2.05, 4.69) is 32.1 Å². The topological polar surface area (TPSA) is 99.7 Å². The molecule has 5 nitrogen and oxygen atoms in total. The van der Waals surface area contributed by atoms with E-state index in [9.17, 15) is 15.8 Å². The van der Waals surface area contributed by atoms with Gasteiger partial charge in [-0.15, -0.1) is 0 Å². The van der Waals surface area contributed by atoms with Gasteiger partial charge >= 0.3 is 0 Å². The summed E-state index contributed by atoms with van der Waals surface area (Å²) in [6, 6.07) is 14.1. The lowest BCUT2D eigenvalue weighted by molar-refractivity contribution is -0.920. The zero-order valence-electron chi connectivity index (χ0n) is 15.3. The number of nitriles is 3. The molecule has 1 unspecified atom stereocenters. The predicted molar refractivity (Wildman–Crippen MR) is 102 cm³/mol. The molecule has 1 aliphatic carbocycles. The standard InChI is InChI=1S/C21H20ClN5/c1-13(2)27-8-7-18-17(10-27)19(14-3-5-15(22)6-4-14)16(9-23)20(26)21(18,11-24)12-25/h3-7,13,16-17,19,26H,8,10H2,1-2H3/p+1/t16-,17-,19+/m0/s1. The molecule has 1 saturated carbocycles. The fraction of sp³-hybridized carbons (Fsp3) is 0.429. The third-order valence-electron chi connectivity index (χ3n) is 5.95. The van der Waals surface area contributed by atoms with Gasteiger partial charge in [0.25, 0.3) is 0 Å². The number of quaternary nitrogens is 1. The maximum absolute atomic E-state index is 9.87. The molecule has 1 heterocycles. The average molecular weight is 379 g/mol. The molecule has 2 aliphatic rings. The van der Waals surface area contributed by atoms with Gasteiger partial charge < -0.3 is 10.3 Å². The molecule has 0 spiro atoms. The Morgan fingerprint density at radius 1 is 1.19 bits per heavy atom. The first kappa shape index (κ1) is 19.1. The van der Waals surface area contributed by atoms with E-state index in [1.807, 2.05) is 18.2 Å². The summed E-state index contributed by atoms with van der Waals surface area (Å²) in [5.74, 6) is -1.23. The minimum Gasteiger partial charge on any atom is -0.329 e. The zero-order valence-corrected chi connectivity index (χ0v) is 16.1. The van der Waals surface area contributed by atoms with E-state index in [4.69, 9.17) is 17.0 Å². The summed E-state index contributed by atoms with van der Waals surface area (Å²) >= 11 is 6.03. The smallest absolute Gasteiger partial charge is 0.203 e. The molecule has 27 heavy (non-hydrogen) atoms. The van der Waals surface area contributed by atoms with Gasteiger partial charge in [0.15, 0.2) is 0 Å². The van der Waals surface area contributed by atoms with Crippen LogP contribution in [-0.2, 0) is 0 Å². The number of hydrogen-bond donors (Lipinski definition) is 2. The van der Waals surface area contributed by atoms with Crippen LogP contribution in [0, 0.1) is 56.7 Å². The van der Waals surface area contributed by atoms with Crippen LogP contribution in [0.2, 0.25) is 5.02 Å². The van der Waals surface area contributed by atoms with Gasteiger partial charge in [-0.25, -0.2) is 0 Å². The van der Waals surface area contributed by atoms with Crippen LogP contribution in [0.15, 0.2) is 35.9 Å². The number of benzene rings is 1. The second-order valence-corrected chi connectivity index (χ2v) is 7.99. The second-order valence-electron chi connectivity index (χ2n) is 7.56. The largest absolute Gasteiger partial charge is 0.329 e. The van der Waals surface area contributed by atoms with Gasteiger partial charge in [0, 0.05) is 16.9 Å². The third-order valence-corrected chi connectivity index (χ3v) is 6.20. The van der Waals surface area contributed by atoms with Crippen molar-refractivity contribution in [1.29, 1.82) is 21.2 Å². The van der Waals surface area contributed by atoms with Crippen molar-refractivity contribution in [1.82, 2.24) is 0 Å². The van der Waals surface area contributed by atoms with Gasteiger partial charge in [0.1, 0.15) is 0 Å². The number of fused-ring (bicyclic) bond motifs is 1. The van der Waals surface area contributed by atoms with Gasteiger partial charge in [-0.2, -0.15) is 15.8 Å². The normalized spacial score (nSPS) is 29.1. The molecule has 1 aliphatic heterocycles. The first-order valence-electron chi connectivity index (χ1n) is 9.01. The Labute approximate surface area is 164 Å². The van der Waals surface area contributed by atoms with Crippen molar-refractivity contribution in [3.63, 3.8) is 0 Å². The van der Waals surface area contributed by atoms with Gasteiger partial charge in [0.05, 0.1) is 49.0 Å². The van der Waals surface area contributed by atoms with Crippen LogP contribution in [0.5, 0.6) is 0 Å². The second kappa shape index (κ2) is 7.16. The molecule has 4 atom stereocenters. The molecular weight excluding hydrogens is 358 g/mol. The summed E-state index contributed by atoms with van der Waals surface area (Å²) in [5, 5.41) is 38.8. The van der Waals surface area contributed by atoms with Crippen molar-refractivity contribution in [2.24, 2.45) is 17.3 Å². The fourth-order valence-electron chi connectivity index (χ4n) is 4.42. The highest BCUT2D eigenvalue weighted by Crippen LogP contribution is 2.51. The van der Waals surface area contributed by atoms with Gasteiger partial charge in [0.2, 0.25) is 5.41 Å². The SMILES string of the molecule is CC(C)[NH+]1CC=C2[C@H](C1)[C@H](c1ccc(Cl)cc1)[C@H](C#N)C(=N)C2(C#N)C#N. The van der Waals surface area contributed by atoms with E-state index in [0.717, 1.165) is 12.1 Å². The molecule has 1 aromatic rings. The van der Waals surface area contributed by atoms with Crippen molar-refractivity contribution in [2.45, 2.75) is 25.8 Å². The molecule has 6 heteroatoms. The highest BCUT2D eigenvalue weighted by atomic mass is 35.5. The molecule has 1 aromatic carbocycles. The van der Waals surface area contributed by atoms with E-state index in [-0.39, 0.29) is 17.5 Å². The zero-order chi connectivity index (χ0) is 19.8. The van der Waals surface area contributed by atoms with Crippen molar-refractivity contribution >= 4 is 17.3 Å². The van der Waals surface area contributed by atoms with E-state index in [1.165, 1.54) is 4.90 Å². The van der Waals surface area contributed by atoms with Crippen molar-refractivity contribution in [2.75, 3.05) is 13.1 Å². The van der Waals surface area contributed by atoms with E-state index in [0.29, 0.717) is 23.2 Å². The number of nitrogens with zero attached hydrogens (tertiary/aromatic N) is 3. The van der Waals surface area contributed by atoms with Crippen molar-refractivity contribution in [3.8, 4) is 18.2 Å². The van der Waals surface area contributed by atoms with Crippen LogP contribution in [0.25, 0.3) is 0 Å². The quantitative estimate of drug-likeness (QED) is 0.773. The molecule has 1 fully saturated rings. The molecular formula is C21H21ClN5+. The predicted octanol–water partition coefficient (Wildman–Crippen LogP) is 2.48. The first-order valence-corrected chi connectivity index (χ1v) is 9.39. The Hall–Kier alpha value is -2.65. The summed E-state index contributed by atoms with van der Waals surface area (Å²) in [5.41, 5.74) is -0.142. The first-order chi connectivity index (χ1) is 12.9. The minimum absolute atomic E-state index is 0.106. The molecule has 0 amide bonds. The van der Waals surface area contributed by atoms with Gasteiger partial charge in [-0.1, -0.05) is 23.7 Å². The molecule has 0 radical (unpaired) electrons. The average Bonchev–Trinajstić information content (AvgIpc) is 2.68. The summed E-state index contributed by atoms with van der Waals surface area (Å²) in [7, 11) is 0. The maximum Gasteiger partial charge on any atom is 0.203 e. The molecule has 136 valence electrons. The monoisotopic (exact) mass is 378 g/mol. The van der Waals surface area contributed by atoms with Gasteiger partial charge in [-0.3, -0.25) is 0 Å². The summed E-state index contributed by atoms with van der Waals surface area (Å²) in [4.78, 5) is 1.35. The van der Waals surface area contributed by atoms with Crippen LogP contribution in [-0.4, -0.2) is 24.8 Å². The van der Waals surface area contributed by atoms with Gasteiger partial charge in [-0.05, 0) is 43.2 Å². The Kier molecular flexibility index (Phi) is 5.07. The lowest BCUT2D eigenvalue weighted by Gasteiger charge is -2.46. The Bertz CT molecular complexity index is 896. The van der Waals surface area contributed by atoms with E-state index < -0.39 is 11.3 Å². The molecule has 3 rings (SSSR count). The molecule has 0 bridgehead atoms. The highest BCUT2D eigenvalue weighted by molar-refractivity contribution is 6.30. The van der Waals surface area contributed by atoms with Crippen molar-refractivity contribution in [3.05, 3.63) is 46.5 Å². The molecule has 0 saturated heterocycles. The van der Waals surface area contributed by atoms with Crippen molar-refractivity contribution < 1.29 is 4.90 Å². The number of nitrogens with one attached hydrogen (secondary N) is 2. The summed E-state index contributed by atoms with van der Waals surface area (Å²) in [6.45, 7) is 5.72. The van der Waals surface area contributed by atoms with Crippen LogP contribution >= 0.6 is 11.6 Å². The summed E-state index contributed by atoms with van der Waals surface area (Å²) < 4.78 is 0. The fourth-order valence-corrected chi connectivity index (χ4v) is 4.55. The Balaban J connectivity index is 2.21. The Morgan fingerprint density at radius 3 is 2.33 bits per heavy atom. The molecule has 2 N–H and O–H groups in total. The highest BCUT2D eigenvalue weighted by Gasteiger charge is 2.57. The van der Waals surface area contributed by atoms with Crippen LogP contribution < -0.4 is 4.90 Å². The summed E-state index contributed by atoms with van der Waals surface area (Å²) in [6.07, 6.45) is 1.96. The number of halogens is 1. The number of hydrogen-bond acceptors (Lipinski definition) is 4. The van der Waals surface area contributed by atoms with Crippen LogP contribution in [0.4, 0.5) is 0 Å².